The molecule has 272 valence electrons. The van der Waals surface area contributed by atoms with Crippen LogP contribution in [-0.2, 0) is 63.8 Å². The number of esters is 4. The second kappa shape index (κ2) is 19.3. The monoisotopic (exact) mass is 708 g/mol. The molecule has 1 aliphatic rings. The number of aliphatic hydroxyl groups is 2. The van der Waals surface area contributed by atoms with E-state index in [2.05, 4.69) is 0 Å². The minimum absolute atomic E-state index is 0.0859. The van der Waals surface area contributed by atoms with Crippen LogP contribution in [-0.4, -0.2) is 70.7 Å². The van der Waals surface area contributed by atoms with Crippen LogP contribution in [0.25, 0.3) is 0 Å². The summed E-state index contributed by atoms with van der Waals surface area (Å²) in [5.41, 5.74) is 3.49. The van der Waals surface area contributed by atoms with Crippen LogP contribution in [0.2, 0.25) is 0 Å². The maximum Gasteiger partial charge on any atom is 0.306 e. The molecular weight excluding hydrogens is 664 g/mol. The lowest BCUT2D eigenvalue weighted by Crippen LogP contribution is -2.67. The van der Waals surface area contributed by atoms with Gasteiger partial charge in [0.2, 0.25) is 0 Å². The van der Waals surface area contributed by atoms with E-state index in [1.165, 1.54) is 0 Å². The van der Waals surface area contributed by atoms with E-state index in [1.807, 2.05) is 121 Å². The molecule has 4 aromatic carbocycles. The Kier molecular flexibility index (Phi) is 14.1. The molecule has 2 N–H and O–H groups in total. The first-order valence-corrected chi connectivity index (χ1v) is 17.6. The van der Waals surface area contributed by atoms with Crippen molar-refractivity contribution in [2.24, 2.45) is 0 Å². The van der Waals surface area contributed by atoms with Crippen molar-refractivity contribution in [2.75, 3.05) is 0 Å². The van der Waals surface area contributed by atoms with Gasteiger partial charge in [0.1, 0.15) is 12.2 Å². The molecule has 1 saturated carbocycles. The van der Waals surface area contributed by atoms with E-state index in [0.717, 1.165) is 22.3 Å². The quantitative estimate of drug-likeness (QED) is 0.122. The number of benzene rings is 4. The summed E-state index contributed by atoms with van der Waals surface area (Å²) in [4.78, 5) is 53.2. The minimum Gasteiger partial charge on any atom is -0.455 e. The van der Waals surface area contributed by atoms with Crippen LogP contribution in [0.4, 0.5) is 0 Å². The highest BCUT2D eigenvalue weighted by Crippen LogP contribution is 2.32. The molecule has 0 bridgehead atoms. The SMILES string of the molecule is O=C(CCc1ccccc1)OC1C(OC(=O)CCc2ccccc2)[C@@H](OC(=O)CCc2ccccc2)C(O)C(O)[C@H]1OC(=O)CCc1ccccc1. The minimum atomic E-state index is -1.86. The summed E-state index contributed by atoms with van der Waals surface area (Å²) in [6.45, 7) is 0. The van der Waals surface area contributed by atoms with Crippen LogP contribution in [0.15, 0.2) is 121 Å². The largest absolute Gasteiger partial charge is 0.455 e. The zero-order valence-electron chi connectivity index (χ0n) is 28.8. The second-order valence-corrected chi connectivity index (χ2v) is 12.7. The van der Waals surface area contributed by atoms with Crippen molar-refractivity contribution >= 4 is 23.9 Å². The Bertz CT molecular complexity index is 1590. The third-order valence-corrected chi connectivity index (χ3v) is 8.91. The van der Waals surface area contributed by atoms with Crippen molar-refractivity contribution in [3.05, 3.63) is 144 Å². The molecule has 5 rings (SSSR count). The summed E-state index contributed by atoms with van der Waals surface area (Å²) in [6, 6.07) is 36.9. The van der Waals surface area contributed by atoms with Gasteiger partial charge in [0.05, 0.1) is 0 Å². The number of rotatable bonds is 16. The molecule has 10 heteroatoms. The Labute approximate surface area is 303 Å². The summed E-state index contributed by atoms with van der Waals surface area (Å²) in [5, 5.41) is 22.8. The molecular formula is C42H44O10. The average molecular weight is 709 g/mol. The van der Waals surface area contributed by atoms with Crippen LogP contribution in [0.5, 0.6) is 0 Å². The highest BCUT2D eigenvalue weighted by Gasteiger charge is 2.57. The molecule has 0 aromatic heterocycles. The van der Waals surface area contributed by atoms with E-state index < -0.39 is 60.5 Å². The van der Waals surface area contributed by atoms with Crippen molar-refractivity contribution in [1.82, 2.24) is 0 Å². The third kappa shape index (κ3) is 11.3. The van der Waals surface area contributed by atoms with Crippen molar-refractivity contribution in [2.45, 2.75) is 88.0 Å². The molecule has 1 fully saturated rings. The number of carbonyl (C=O) groups is 4. The van der Waals surface area contributed by atoms with Crippen molar-refractivity contribution in [3.8, 4) is 0 Å². The fourth-order valence-electron chi connectivity index (χ4n) is 6.10. The molecule has 0 heterocycles. The number of carbonyl (C=O) groups excluding carboxylic acids is 4. The van der Waals surface area contributed by atoms with E-state index in [-0.39, 0.29) is 25.7 Å². The van der Waals surface area contributed by atoms with Gasteiger partial charge in [0.15, 0.2) is 24.4 Å². The van der Waals surface area contributed by atoms with Gasteiger partial charge in [0, 0.05) is 25.7 Å². The maximum atomic E-state index is 13.4. The van der Waals surface area contributed by atoms with E-state index in [1.54, 1.807) is 0 Å². The Balaban J connectivity index is 1.39. The Morgan fingerprint density at radius 3 is 0.808 bits per heavy atom. The van der Waals surface area contributed by atoms with Crippen molar-refractivity contribution in [3.63, 3.8) is 0 Å². The van der Waals surface area contributed by atoms with Crippen LogP contribution in [0.1, 0.15) is 47.9 Å². The Morgan fingerprint density at radius 2 is 0.577 bits per heavy atom. The molecule has 4 unspecified atom stereocenters. The molecule has 52 heavy (non-hydrogen) atoms. The average Bonchev–Trinajstić information content (AvgIpc) is 3.18. The Hall–Kier alpha value is -5.32. The maximum absolute atomic E-state index is 13.4. The van der Waals surface area contributed by atoms with E-state index >= 15 is 0 Å². The van der Waals surface area contributed by atoms with E-state index in [0.29, 0.717) is 25.7 Å². The van der Waals surface area contributed by atoms with Crippen molar-refractivity contribution in [1.29, 1.82) is 0 Å². The van der Waals surface area contributed by atoms with Gasteiger partial charge in [-0.05, 0) is 47.9 Å². The first kappa shape index (κ1) is 37.9. The highest BCUT2D eigenvalue weighted by atomic mass is 16.6. The van der Waals surface area contributed by atoms with E-state index in [4.69, 9.17) is 18.9 Å². The lowest BCUT2D eigenvalue weighted by molar-refractivity contribution is -0.253. The summed E-state index contributed by atoms with van der Waals surface area (Å²) in [5.74, 6) is -2.94. The van der Waals surface area contributed by atoms with Crippen LogP contribution in [0.3, 0.4) is 0 Å². The molecule has 0 radical (unpaired) electrons. The number of ether oxygens (including phenoxy) is 4. The summed E-state index contributed by atoms with van der Waals surface area (Å²) in [7, 11) is 0. The summed E-state index contributed by atoms with van der Waals surface area (Å²) >= 11 is 0. The topological polar surface area (TPSA) is 146 Å². The molecule has 1 aliphatic carbocycles. The molecule has 0 saturated heterocycles. The third-order valence-electron chi connectivity index (χ3n) is 8.91. The predicted octanol–water partition coefficient (Wildman–Crippen LogP) is 4.90. The highest BCUT2D eigenvalue weighted by molar-refractivity contribution is 5.73. The first-order chi connectivity index (χ1) is 25.3. The standard InChI is InChI=1S/C42H44O10/c43-33(25-21-29-13-5-1-6-14-29)49-39-37(47)38(48)40(50-34(44)26-22-30-15-7-2-8-16-30)42(52-36(46)28-24-32-19-11-4-12-20-32)41(39)51-35(45)27-23-31-17-9-3-10-18-31/h1-20,37-42,47-48H,21-28H2/t37?,38?,39-,40+,41?,42?. The van der Waals surface area contributed by atoms with Crippen LogP contribution < -0.4 is 0 Å². The number of aryl methyl sites for hydroxylation is 4. The zero-order valence-corrected chi connectivity index (χ0v) is 28.8. The number of hydrogen-bond donors (Lipinski definition) is 2. The zero-order chi connectivity index (χ0) is 36.7. The Morgan fingerprint density at radius 1 is 0.365 bits per heavy atom. The lowest BCUT2D eigenvalue weighted by atomic mass is 9.84. The number of hydrogen-bond acceptors (Lipinski definition) is 10. The first-order valence-electron chi connectivity index (χ1n) is 17.6. The van der Waals surface area contributed by atoms with Gasteiger partial charge < -0.3 is 29.2 Å². The lowest BCUT2D eigenvalue weighted by Gasteiger charge is -2.45. The van der Waals surface area contributed by atoms with Gasteiger partial charge in [-0.15, -0.1) is 0 Å². The number of aliphatic hydroxyl groups excluding tert-OH is 2. The van der Waals surface area contributed by atoms with Crippen LogP contribution >= 0.6 is 0 Å². The van der Waals surface area contributed by atoms with Gasteiger partial charge in [-0.3, -0.25) is 19.2 Å². The molecule has 4 aromatic rings. The van der Waals surface area contributed by atoms with Crippen molar-refractivity contribution < 1.29 is 48.3 Å². The molecule has 0 spiro atoms. The predicted molar refractivity (Wildman–Crippen MR) is 191 cm³/mol. The molecule has 0 aliphatic heterocycles. The van der Waals surface area contributed by atoms with E-state index in [9.17, 15) is 29.4 Å². The normalized spacial score (nSPS) is 21.0. The van der Waals surface area contributed by atoms with Gasteiger partial charge in [-0.1, -0.05) is 121 Å². The smallest absolute Gasteiger partial charge is 0.306 e. The second-order valence-electron chi connectivity index (χ2n) is 12.7. The fraction of sp³-hybridized carbons (Fsp3) is 0.333. The van der Waals surface area contributed by atoms with Crippen LogP contribution in [0, 0.1) is 0 Å². The summed E-state index contributed by atoms with van der Waals surface area (Å²) in [6.07, 6.45) is -9.32. The molecule has 10 nitrogen and oxygen atoms in total. The van der Waals surface area contributed by atoms with Gasteiger partial charge in [-0.25, -0.2) is 0 Å². The van der Waals surface area contributed by atoms with Gasteiger partial charge >= 0.3 is 23.9 Å². The molecule has 0 amide bonds. The molecule has 6 atom stereocenters. The van der Waals surface area contributed by atoms with Gasteiger partial charge in [-0.2, -0.15) is 0 Å². The fourth-order valence-corrected chi connectivity index (χ4v) is 6.10. The van der Waals surface area contributed by atoms with Gasteiger partial charge in [0.25, 0.3) is 0 Å². The summed E-state index contributed by atoms with van der Waals surface area (Å²) < 4.78 is 23.2.